The first kappa shape index (κ1) is 13.9. The van der Waals surface area contributed by atoms with Gasteiger partial charge in [0.1, 0.15) is 0 Å². The summed E-state index contributed by atoms with van der Waals surface area (Å²) in [6.45, 7) is 15.9. The van der Waals surface area contributed by atoms with Gasteiger partial charge in [-0.15, -0.1) is 0 Å². The molecular formula is C12H28N2. The zero-order valence-corrected chi connectivity index (χ0v) is 10.9. The summed E-state index contributed by atoms with van der Waals surface area (Å²) in [6, 6.07) is 0. The highest BCUT2D eigenvalue weighted by molar-refractivity contribution is 4.75. The van der Waals surface area contributed by atoms with Crippen LogP contribution >= 0.6 is 0 Å². The quantitative estimate of drug-likeness (QED) is 0.678. The topological polar surface area (TPSA) is 15.3 Å². The molecule has 14 heavy (non-hydrogen) atoms. The molecule has 0 aromatic carbocycles. The van der Waals surface area contributed by atoms with E-state index >= 15 is 0 Å². The molecule has 0 atom stereocenters. The highest BCUT2D eigenvalue weighted by Gasteiger charge is 2.19. The van der Waals surface area contributed by atoms with Crippen LogP contribution in [0, 0.1) is 11.3 Å². The fourth-order valence-electron chi connectivity index (χ4n) is 1.94. The van der Waals surface area contributed by atoms with Crippen molar-refractivity contribution in [3.63, 3.8) is 0 Å². The number of hydrogen-bond donors (Lipinski definition) is 1. The summed E-state index contributed by atoms with van der Waals surface area (Å²) in [5, 5.41) is 3.42. The summed E-state index contributed by atoms with van der Waals surface area (Å²) < 4.78 is 0. The van der Waals surface area contributed by atoms with Crippen molar-refractivity contribution >= 4 is 0 Å². The molecule has 0 aromatic rings. The molecule has 0 rings (SSSR count). The summed E-state index contributed by atoms with van der Waals surface area (Å²) in [6.07, 6.45) is 0. The Kier molecular flexibility index (Phi) is 6.38. The van der Waals surface area contributed by atoms with Gasteiger partial charge < -0.3 is 10.2 Å². The first-order chi connectivity index (χ1) is 6.37. The molecule has 2 nitrogen and oxygen atoms in total. The molecule has 0 unspecified atom stereocenters. The van der Waals surface area contributed by atoms with Gasteiger partial charge >= 0.3 is 0 Å². The Labute approximate surface area is 90.1 Å². The van der Waals surface area contributed by atoms with Gasteiger partial charge in [-0.1, -0.05) is 34.6 Å². The lowest BCUT2D eigenvalue weighted by molar-refractivity contribution is 0.190. The third-order valence-corrected chi connectivity index (χ3v) is 2.23. The molecule has 0 aromatic heterocycles. The van der Waals surface area contributed by atoms with Gasteiger partial charge in [-0.3, -0.25) is 0 Å². The minimum atomic E-state index is 0.375. The van der Waals surface area contributed by atoms with E-state index in [0.29, 0.717) is 5.41 Å². The van der Waals surface area contributed by atoms with Gasteiger partial charge in [0.05, 0.1) is 0 Å². The molecule has 1 N–H and O–H groups in total. The number of hydrogen-bond acceptors (Lipinski definition) is 2. The van der Waals surface area contributed by atoms with Crippen LogP contribution in [0.4, 0.5) is 0 Å². The third-order valence-electron chi connectivity index (χ3n) is 2.23. The Balaban J connectivity index is 3.82. The highest BCUT2D eigenvalue weighted by Crippen LogP contribution is 2.15. The smallest absolute Gasteiger partial charge is 0.00419 e. The van der Waals surface area contributed by atoms with Crippen LogP contribution in [0.1, 0.15) is 34.6 Å². The molecule has 0 radical (unpaired) electrons. The maximum Gasteiger partial charge on any atom is 0.00419 e. The molecule has 0 saturated heterocycles. The van der Waals surface area contributed by atoms with Crippen molar-refractivity contribution in [2.75, 3.05) is 33.2 Å². The van der Waals surface area contributed by atoms with Crippen molar-refractivity contribution in [2.45, 2.75) is 34.6 Å². The normalized spacial score (nSPS) is 12.9. The van der Waals surface area contributed by atoms with Crippen LogP contribution in [0.3, 0.4) is 0 Å². The summed E-state index contributed by atoms with van der Waals surface area (Å²) in [5.41, 5.74) is 0.375. The lowest BCUT2D eigenvalue weighted by Gasteiger charge is -2.31. The fraction of sp³-hybridized carbons (Fsp3) is 1.00. The predicted molar refractivity (Wildman–Crippen MR) is 64.7 cm³/mol. The van der Waals surface area contributed by atoms with Gasteiger partial charge in [-0.2, -0.15) is 0 Å². The average molecular weight is 200 g/mol. The van der Waals surface area contributed by atoms with E-state index in [2.05, 4.69) is 51.9 Å². The first-order valence-corrected chi connectivity index (χ1v) is 5.76. The van der Waals surface area contributed by atoms with Gasteiger partial charge in [0.2, 0.25) is 0 Å². The van der Waals surface area contributed by atoms with Gasteiger partial charge in [0.15, 0.2) is 0 Å². The zero-order chi connectivity index (χ0) is 11.2. The van der Waals surface area contributed by atoms with Gasteiger partial charge in [0.25, 0.3) is 0 Å². The van der Waals surface area contributed by atoms with E-state index in [-0.39, 0.29) is 0 Å². The Bertz CT molecular complexity index is 141. The van der Waals surface area contributed by atoms with Crippen molar-refractivity contribution < 1.29 is 0 Å². The molecule has 0 aliphatic rings. The summed E-state index contributed by atoms with van der Waals surface area (Å²) in [5.74, 6) is 0.759. The average Bonchev–Trinajstić information content (AvgIpc) is 1.98. The molecule has 0 spiro atoms. The lowest BCUT2D eigenvalue weighted by atomic mass is 9.92. The third kappa shape index (κ3) is 7.34. The monoisotopic (exact) mass is 200 g/mol. The zero-order valence-electron chi connectivity index (χ0n) is 10.9. The molecule has 0 aliphatic carbocycles. The largest absolute Gasteiger partial charge is 0.316 e. The second kappa shape index (κ2) is 6.41. The van der Waals surface area contributed by atoms with Crippen molar-refractivity contribution in [1.82, 2.24) is 10.2 Å². The van der Waals surface area contributed by atoms with Crippen molar-refractivity contribution in [2.24, 2.45) is 11.3 Å². The van der Waals surface area contributed by atoms with Crippen LogP contribution in [-0.4, -0.2) is 38.1 Å². The van der Waals surface area contributed by atoms with E-state index in [9.17, 15) is 0 Å². The molecule has 0 saturated carbocycles. The van der Waals surface area contributed by atoms with E-state index in [1.807, 2.05) is 0 Å². The SMILES string of the molecule is CCNCC(C)(C)CN(C)CC(C)C. The Morgan fingerprint density at radius 2 is 1.86 bits per heavy atom. The second-order valence-corrected chi connectivity index (χ2v) is 5.54. The van der Waals surface area contributed by atoms with Crippen molar-refractivity contribution in [3.05, 3.63) is 0 Å². The standard InChI is InChI=1S/C12H28N2/c1-7-13-9-12(4,5)10-14(6)8-11(2)3/h11,13H,7-10H2,1-6H3. The number of nitrogens with zero attached hydrogens (tertiary/aromatic N) is 1. The van der Waals surface area contributed by atoms with Crippen LogP contribution in [0.15, 0.2) is 0 Å². The van der Waals surface area contributed by atoms with Crippen LogP contribution in [0.25, 0.3) is 0 Å². The Morgan fingerprint density at radius 3 is 2.29 bits per heavy atom. The van der Waals surface area contributed by atoms with E-state index < -0.39 is 0 Å². The van der Waals surface area contributed by atoms with Crippen LogP contribution in [0.2, 0.25) is 0 Å². The molecule has 0 heterocycles. The maximum atomic E-state index is 3.42. The molecule has 0 amide bonds. The lowest BCUT2D eigenvalue weighted by Crippen LogP contribution is -2.40. The minimum absolute atomic E-state index is 0.375. The Hall–Kier alpha value is -0.0800. The van der Waals surface area contributed by atoms with Gasteiger partial charge in [-0.25, -0.2) is 0 Å². The predicted octanol–water partition coefficient (Wildman–Crippen LogP) is 2.21. The molecule has 0 aliphatic heterocycles. The van der Waals surface area contributed by atoms with Gasteiger partial charge in [-0.05, 0) is 24.9 Å². The maximum absolute atomic E-state index is 3.42. The summed E-state index contributed by atoms with van der Waals surface area (Å²) in [7, 11) is 2.22. The van der Waals surface area contributed by atoms with Crippen LogP contribution < -0.4 is 5.32 Å². The Morgan fingerprint density at radius 1 is 1.29 bits per heavy atom. The molecular weight excluding hydrogens is 172 g/mol. The van der Waals surface area contributed by atoms with Crippen LogP contribution in [0.5, 0.6) is 0 Å². The van der Waals surface area contributed by atoms with Gasteiger partial charge in [0, 0.05) is 19.6 Å². The van der Waals surface area contributed by atoms with E-state index in [0.717, 1.165) is 25.6 Å². The van der Waals surface area contributed by atoms with E-state index in [1.165, 1.54) is 6.54 Å². The number of rotatable bonds is 7. The van der Waals surface area contributed by atoms with Crippen molar-refractivity contribution in [1.29, 1.82) is 0 Å². The number of nitrogens with one attached hydrogen (secondary N) is 1. The first-order valence-electron chi connectivity index (χ1n) is 5.76. The molecule has 0 bridgehead atoms. The fourth-order valence-corrected chi connectivity index (χ4v) is 1.94. The van der Waals surface area contributed by atoms with E-state index in [4.69, 9.17) is 0 Å². The molecule has 2 heteroatoms. The summed E-state index contributed by atoms with van der Waals surface area (Å²) in [4.78, 5) is 2.43. The molecule has 0 fully saturated rings. The van der Waals surface area contributed by atoms with E-state index in [1.54, 1.807) is 0 Å². The second-order valence-electron chi connectivity index (χ2n) is 5.54. The highest BCUT2D eigenvalue weighted by atomic mass is 15.1. The molecule has 86 valence electrons. The van der Waals surface area contributed by atoms with Crippen molar-refractivity contribution in [3.8, 4) is 0 Å². The van der Waals surface area contributed by atoms with Crippen LogP contribution in [-0.2, 0) is 0 Å². The minimum Gasteiger partial charge on any atom is -0.316 e. The summed E-state index contributed by atoms with van der Waals surface area (Å²) >= 11 is 0.